The summed E-state index contributed by atoms with van der Waals surface area (Å²) in [4.78, 5) is 21.4. The van der Waals surface area contributed by atoms with E-state index in [0.29, 0.717) is 5.56 Å². The molecule has 0 saturated carbocycles. The fourth-order valence-electron chi connectivity index (χ4n) is 2.76. The molecule has 0 spiro atoms. The van der Waals surface area contributed by atoms with Crippen LogP contribution < -0.4 is 9.64 Å². The molecule has 1 aliphatic rings. The number of aromatic nitrogens is 2. The number of nitrogens with zero attached hydrogens (tertiary/aromatic N) is 3. The van der Waals surface area contributed by atoms with E-state index in [9.17, 15) is 23.1 Å². The van der Waals surface area contributed by atoms with Crippen LogP contribution in [0.3, 0.4) is 0 Å². The first kappa shape index (κ1) is 18.0. The van der Waals surface area contributed by atoms with Crippen LogP contribution in [0.15, 0.2) is 24.3 Å². The zero-order chi connectivity index (χ0) is 18.9. The molecule has 0 aliphatic carbocycles. The summed E-state index contributed by atoms with van der Waals surface area (Å²) >= 11 is 0. The van der Waals surface area contributed by atoms with Gasteiger partial charge in [0.2, 0.25) is 11.6 Å². The van der Waals surface area contributed by atoms with Crippen molar-refractivity contribution in [3.05, 3.63) is 35.8 Å². The third kappa shape index (κ3) is 3.56. The summed E-state index contributed by atoms with van der Waals surface area (Å²) in [5, 5.41) is 9.33. The van der Waals surface area contributed by atoms with Crippen LogP contribution in [0.1, 0.15) is 23.3 Å². The minimum atomic E-state index is -2.74. The van der Waals surface area contributed by atoms with Crippen molar-refractivity contribution in [3.63, 3.8) is 0 Å². The fraction of sp³-hybridized carbons (Fsp3) is 0.353. The van der Waals surface area contributed by atoms with Crippen LogP contribution in [0.25, 0.3) is 11.3 Å². The molecule has 0 radical (unpaired) electrons. The second-order valence-electron chi connectivity index (χ2n) is 5.91. The van der Waals surface area contributed by atoms with Gasteiger partial charge < -0.3 is 14.7 Å². The Balaban J connectivity index is 2.11. The topological polar surface area (TPSA) is 75.5 Å². The molecule has 6 nitrogen and oxygen atoms in total. The van der Waals surface area contributed by atoms with E-state index in [1.165, 1.54) is 31.4 Å². The number of anilines is 1. The molecule has 1 aromatic heterocycles. The second-order valence-corrected chi connectivity index (χ2v) is 5.91. The lowest BCUT2D eigenvalue weighted by molar-refractivity contribution is -0.0221. The molecule has 1 fully saturated rings. The first-order valence-corrected chi connectivity index (χ1v) is 7.89. The molecule has 1 N–H and O–H groups in total. The van der Waals surface area contributed by atoms with Crippen LogP contribution in [0.4, 0.5) is 19.0 Å². The number of halogens is 3. The van der Waals surface area contributed by atoms with Gasteiger partial charge in [-0.2, -0.15) is 4.98 Å². The zero-order valence-corrected chi connectivity index (χ0v) is 13.9. The lowest BCUT2D eigenvalue weighted by Gasteiger charge is -2.33. The summed E-state index contributed by atoms with van der Waals surface area (Å²) < 4.78 is 45.2. The molecule has 3 rings (SSSR count). The van der Waals surface area contributed by atoms with Crippen molar-refractivity contribution in [2.24, 2.45) is 0 Å². The number of carboxylic acid groups (broad SMARTS) is 1. The minimum Gasteiger partial charge on any atom is -0.479 e. The van der Waals surface area contributed by atoms with Crippen molar-refractivity contribution < 1.29 is 27.8 Å². The molecule has 1 saturated heterocycles. The SMILES string of the molecule is COc1nc(N2CCC(F)(F)CC2)c(-c2ccc(F)cc2)nc1C(=O)O. The van der Waals surface area contributed by atoms with Gasteiger partial charge in [0.1, 0.15) is 11.5 Å². The standard InChI is InChI=1S/C17H16F3N3O3/c1-26-15-13(16(24)25)21-12(10-2-4-11(18)5-3-10)14(22-15)23-8-6-17(19,20)7-9-23/h2-5H,6-9H2,1H3,(H,24,25). The maximum absolute atomic E-state index is 13.5. The van der Waals surface area contributed by atoms with Gasteiger partial charge in [-0.25, -0.2) is 22.9 Å². The van der Waals surface area contributed by atoms with Crippen molar-refractivity contribution >= 4 is 11.8 Å². The maximum atomic E-state index is 13.5. The normalized spacial score (nSPS) is 16.4. The summed E-state index contributed by atoms with van der Waals surface area (Å²) in [5.74, 6) is -4.53. The van der Waals surface area contributed by atoms with E-state index in [1.807, 2.05) is 0 Å². The zero-order valence-electron chi connectivity index (χ0n) is 13.9. The summed E-state index contributed by atoms with van der Waals surface area (Å²) in [7, 11) is 1.25. The number of methoxy groups -OCH3 is 1. The molecule has 138 valence electrons. The quantitative estimate of drug-likeness (QED) is 0.894. The average Bonchev–Trinajstić information content (AvgIpc) is 2.61. The number of rotatable bonds is 4. The van der Waals surface area contributed by atoms with Gasteiger partial charge in [0, 0.05) is 31.5 Å². The number of alkyl halides is 2. The highest BCUT2D eigenvalue weighted by atomic mass is 19.3. The highest BCUT2D eigenvalue weighted by Crippen LogP contribution is 2.35. The molecule has 0 unspecified atom stereocenters. The number of hydrogen-bond donors (Lipinski definition) is 1. The Morgan fingerprint density at radius 1 is 1.19 bits per heavy atom. The van der Waals surface area contributed by atoms with Gasteiger partial charge in [-0.1, -0.05) is 0 Å². The molecule has 0 amide bonds. The molecule has 1 aliphatic heterocycles. The van der Waals surface area contributed by atoms with E-state index < -0.39 is 23.4 Å². The van der Waals surface area contributed by atoms with Crippen LogP contribution in [0, 0.1) is 5.82 Å². The third-order valence-electron chi connectivity index (χ3n) is 4.15. The Hall–Kier alpha value is -2.84. The van der Waals surface area contributed by atoms with Crippen molar-refractivity contribution in [2.45, 2.75) is 18.8 Å². The van der Waals surface area contributed by atoms with E-state index >= 15 is 0 Å². The van der Waals surface area contributed by atoms with Gasteiger partial charge in [-0.05, 0) is 24.3 Å². The average molecular weight is 367 g/mol. The minimum absolute atomic E-state index is 0.0332. The Kier molecular flexibility index (Phi) is 4.71. The third-order valence-corrected chi connectivity index (χ3v) is 4.15. The molecule has 26 heavy (non-hydrogen) atoms. The predicted molar refractivity (Wildman–Crippen MR) is 87.3 cm³/mol. The molecular formula is C17H16F3N3O3. The first-order valence-electron chi connectivity index (χ1n) is 7.89. The van der Waals surface area contributed by atoms with E-state index in [2.05, 4.69) is 9.97 Å². The lowest BCUT2D eigenvalue weighted by Crippen LogP contribution is -2.40. The van der Waals surface area contributed by atoms with E-state index in [0.717, 1.165) is 0 Å². The molecule has 2 aromatic rings. The van der Waals surface area contributed by atoms with Crippen molar-refractivity contribution in [3.8, 4) is 17.1 Å². The number of carbonyl (C=O) groups is 1. The van der Waals surface area contributed by atoms with Crippen molar-refractivity contribution in [2.75, 3.05) is 25.1 Å². The summed E-state index contributed by atoms with van der Waals surface area (Å²) in [5.41, 5.74) is 0.197. The number of hydrogen-bond acceptors (Lipinski definition) is 5. The largest absolute Gasteiger partial charge is 0.479 e. The summed E-state index contributed by atoms with van der Waals surface area (Å²) in [6.45, 7) is 0.0664. The van der Waals surface area contributed by atoms with Gasteiger partial charge in [0.05, 0.1) is 7.11 Å². The molecule has 0 bridgehead atoms. The number of benzene rings is 1. The number of carboxylic acids is 1. The van der Waals surface area contributed by atoms with E-state index in [4.69, 9.17) is 4.74 Å². The van der Waals surface area contributed by atoms with Gasteiger partial charge in [0.15, 0.2) is 5.82 Å². The van der Waals surface area contributed by atoms with Gasteiger partial charge in [0.25, 0.3) is 5.92 Å². The number of aromatic carboxylic acids is 1. The van der Waals surface area contributed by atoms with Crippen LogP contribution in [0.2, 0.25) is 0 Å². The Bertz CT molecular complexity index is 818. The predicted octanol–water partition coefficient (Wildman–Crippen LogP) is 3.23. The maximum Gasteiger partial charge on any atom is 0.360 e. The summed E-state index contributed by atoms with van der Waals surface area (Å²) in [6, 6.07) is 5.27. The lowest BCUT2D eigenvalue weighted by atomic mass is 10.1. The molecule has 2 heterocycles. The first-order chi connectivity index (χ1) is 12.3. The van der Waals surface area contributed by atoms with Crippen LogP contribution in [0.5, 0.6) is 5.88 Å². The van der Waals surface area contributed by atoms with E-state index in [1.54, 1.807) is 4.90 Å². The van der Waals surface area contributed by atoms with E-state index in [-0.39, 0.29) is 43.3 Å². The monoisotopic (exact) mass is 367 g/mol. The molecule has 9 heteroatoms. The van der Waals surface area contributed by atoms with Gasteiger partial charge in [-0.3, -0.25) is 0 Å². The highest BCUT2D eigenvalue weighted by Gasteiger charge is 2.36. The molecule has 0 atom stereocenters. The van der Waals surface area contributed by atoms with Crippen molar-refractivity contribution in [1.29, 1.82) is 0 Å². The van der Waals surface area contributed by atoms with Crippen molar-refractivity contribution in [1.82, 2.24) is 9.97 Å². The van der Waals surface area contributed by atoms with Crippen LogP contribution in [-0.2, 0) is 0 Å². The Labute approximate surface area is 147 Å². The Morgan fingerprint density at radius 3 is 2.35 bits per heavy atom. The smallest absolute Gasteiger partial charge is 0.360 e. The highest BCUT2D eigenvalue weighted by molar-refractivity contribution is 5.90. The Morgan fingerprint density at radius 2 is 1.81 bits per heavy atom. The molecular weight excluding hydrogens is 351 g/mol. The van der Waals surface area contributed by atoms with Gasteiger partial charge >= 0.3 is 5.97 Å². The second kappa shape index (κ2) is 6.81. The number of ether oxygens (including phenoxy) is 1. The molecule has 1 aromatic carbocycles. The van der Waals surface area contributed by atoms with Gasteiger partial charge in [-0.15, -0.1) is 0 Å². The number of piperidine rings is 1. The van der Waals surface area contributed by atoms with Crippen LogP contribution in [-0.4, -0.2) is 47.2 Å². The summed E-state index contributed by atoms with van der Waals surface area (Å²) in [6.07, 6.45) is -0.693. The fourth-order valence-corrected chi connectivity index (χ4v) is 2.76. The van der Waals surface area contributed by atoms with Crippen LogP contribution >= 0.6 is 0 Å².